The molecule has 3 rings (SSSR count). The summed E-state index contributed by atoms with van der Waals surface area (Å²) in [7, 11) is 0. The van der Waals surface area contributed by atoms with E-state index in [0.717, 1.165) is 43.4 Å². The summed E-state index contributed by atoms with van der Waals surface area (Å²) in [5, 5.41) is 13.7. The molecule has 0 aliphatic heterocycles. The highest BCUT2D eigenvalue weighted by Crippen LogP contribution is 2.39. The molecular formula is C23H30N2O2. The minimum Gasteiger partial charge on any atom is -0.396 e. The summed E-state index contributed by atoms with van der Waals surface area (Å²) >= 11 is 0. The average molecular weight is 367 g/mol. The van der Waals surface area contributed by atoms with Crippen LogP contribution in [-0.2, 0) is 11.3 Å². The van der Waals surface area contributed by atoms with Crippen LogP contribution in [0, 0.1) is 0 Å². The van der Waals surface area contributed by atoms with E-state index in [4.69, 9.17) is 10.6 Å². The Bertz CT molecular complexity index is 743. The van der Waals surface area contributed by atoms with Crippen LogP contribution in [0.15, 0.2) is 59.8 Å². The van der Waals surface area contributed by atoms with Gasteiger partial charge in [-0.3, -0.25) is 0 Å². The largest absolute Gasteiger partial charge is 0.396 e. The molecule has 2 atom stereocenters. The van der Waals surface area contributed by atoms with Crippen LogP contribution in [-0.4, -0.2) is 29.6 Å². The second-order valence-electron chi connectivity index (χ2n) is 7.68. The number of nitrogens with two attached hydrogens (primary N) is 1. The van der Waals surface area contributed by atoms with Crippen molar-refractivity contribution in [2.45, 2.75) is 50.5 Å². The molecule has 0 unspecified atom stereocenters. The molecule has 2 aromatic carbocycles. The molecule has 1 saturated carbocycles. The van der Waals surface area contributed by atoms with Crippen LogP contribution in [0.25, 0.3) is 0 Å². The van der Waals surface area contributed by atoms with Gasteiger partial charge in [0.25, 0.3) is 0 Å². The van der Waals surface area contributed by atoms with Crippen molar-refractivity contribution < 1.29 is 9.94 Å². The second kappa shape index (κ2) is 9.16. The predicted molar refractivity (Wildman–Crippen MR) is 110 cm³/mol. The van der Waals surface area contributed by atoms with E-state index in [2.05, 4.69) is 53.7 Å². The Balaban J connectivity index is 1.47. The first-order valence-corrected chi connectivity index (χ1v) is 9.80. The summed E-state index contributed by atoms with van der Waals surface area (Å²) in [5.41, 5.74) is 10.4. The van der Waals surface area contributed by atoms with Gasteiger partial charge in [-0.1, -0.05) is 59.8 Å². The van der Waals surface area contributed by atoms with Crippen LogP contribution in [0.2, 0.25) is 0 Å². The number of aryl methyl sites for hydroxylation is 1. The van der Waals surface area contributed by atoms with Gasteiger partial charge in [0.05, 0.1) is 12.3 Å². The van der Waals surface area contributed by atoms with Crippen molar-refractivity contribution in [2.24, 2.45) is 10.9 Å². The van der Waals surface area contributed by atoms with Crippen molar-refractivity contribution in [3.63, 3.8) is 0 Å². The van der Waals surface area contributed by atoms with Crippen LogP contribution in [0.3, 0.4) is 0 Å². The normalized spacial score (nSPS) is 22.8. The Labute approximate surface area is 162 Å². The lowest BCUT2D eigenvalue weighted by Crippen LogP contribution is -2.40. The Morgan fingerprint density at radius 3 is 2.59 bits per heavy atom. The van der Waals surface area contributed by atoms with Gasteiger partial charge in [0.15, 0.2) is 0 Å². The molecule has 144 valence electrons. The molecule has 1 aliphatic carbocycles. The number of oxime groups is 1. The van der Waals surface area contributed by atoms with Crippen molar-refractivity contribution in [2.75, 3.05) is 13.2 Å². The number of rotatable bonds is 8. The molecular weight excluding hydrogens is 336 g/mol. The summed E-state index contributed by atoms with van der Waals surface area (Å²) in [4.78, 5) is 5.49. The molecule has 0 heterocycles. The number of hydrogen-bond acceptors (Lipinski definition) is 4. The van der Waals surface area contributed by atoms with E-state index in [1.54, 1.807) is 0 Å². The summed E-state index contributed by atoms with van der Waals surface area (Å²) < 4.78 is 0. The highest BCUT2D eigenvalue weighted by molar-refractivity contribution is 5.98. The lowest BCUT2D eigenvalue weighted by molar-refractivity contribution is 0.142. The zero-order valence-electron chi connectivity index (χ0n) is 16.1. The fourth-order valence-corrected chi connectivity index (χ4v) is 3.76. The van der Waals surface area contributed by atoms with E-state index >= 15 is 0 Å². The van der Waals surface area contributed by atoms with E-state index in [1.165, 1.54) is 11.1 Å². The maximum atomic E-state index is 9.44. The zero-order valence-corrected chi connectivity index (χ0v) is 16.1. The van der Waals surface area contributed by atoms with Gasteiger partial charge in [0.2, 0.25) is 0 Å². The Morgan fingerprint density at radius 1 is 1.19 bits per heavy atom. The van der Waals surface area contributed by atoms with Crippen molar-refractivity contribution in [3.05, 3.63) is 71.3 Å². The third kappa shape index (κ3) is 5.41. The van der Waals surface area contributed by atoms with E-state index in [9.17, 15) is 5.11 Å². The molecule has 0 spiro atoms. The highest BCUT2D eigenvalue weighted by atomic mass is 16.6. The van der Waals surface area contributed by atoms with Crippen LogP contribution in [0.1, 0.15) is 55.2 Å². The molecule has 3 N–H and O–H groups in total. The molecule has 0 aromatic heterocycles. The van der Waals surface area contributed by atoms with Crippen molar-refractivity contribution in [1.29, 1.82) is 0 Å². The minimum atomic E-state index is -0.408. The topological polar surface area (TPSA) is 67.8 Å². The third-order valence-electron chi connectivity index (χ3n) is 5.50. The molecule has 0 radical (unpaired) electrons. The molecule has 0 amide bonds. The quantitative estimate of drug-likeness (QED) is 0.421. The van der Waals surface area contributed by atoms with Gasteiger partial charge in [0, 0.05) is 5.54 Å². The van der Waals surface area contributed by atoms with E-state index in [1.807, 2.05) is 13.0 Å². The molecule has 0 saturated heterocycles. The predicted octanol–water partition coefficient (Wildman–Crippen LogP) is 4.02. The molecule has 27 heavy (non-hydrogen) atoms. The maximum Gasteiger partial charge on any atom is 0.117 e. The van der Waals surface area contributed by atoms with Crippen LogP contribution < -0.4 is 5.73 Å². The van der Waals surface area contributed by atoms with Gasteiger partial charge in [-0.05, 0) is 61.6 Å². The van der Waals surface area contributed by atoms with E-state index in [-0.39, 0.29) is 6.61 Å². The Morgan fingerprint density at radius 2 is 1.93 bits per heavy atom. The first-order valence-electron chi connectivity index (χ1n) is 9.80. The van der Waals surface area contributed by atoms with Gasteiger partial charge in [0.1, 0.15) is 6.61 Å². The van der Waals surface area contributed by atoms with Crippen LogP contribution in [0.5, 0.6) is 0 Å². The second-order valence-corrected chi connectivity index (χ2v) is 7.68. The van der Waals surface area contributed by atoms with Crippen LogP contribution >= 0.6 is 0 Å². The molecule has 1 fully saturated rings. The number of benzene rings is 2. The molecule has 1 aliphatic rings. The molecule has 4 nitrogen and oxygen atoms in total. The van der Waals surface area contributed by atoms with Gasteiger partial charge in [-0.25, -0.2) is 0 Å². The fraction of sp³-hybridized carbons (Fsp3) is 0.435. The van der Waals surface area contributed by atoms with Gasteiger partial charge < -0.3 is 15.7 Å². The lowest BCUT2D eigenvalue weighted by Gasteiger charge is -2.20. The third-order valence-corrected chi connectivity index (χ3v) is 5.50. The number of hydrogen-bond donors (Lipinski definition) is 2. The van der Waals surface area contributed by atoms with Gasteiger partial charge >= 0.3 is 0 Å². The zero-order chi connectivity index (χ0) is 19.1. The van der Waals surface area contributed by atoms with Crippen molar-refractivity contribution >= 4 is 5.71 Å². The average Bonchev–Trinajstić information content (AvgIpc) is 3.11. The van der Waals surface area contributed by atoms with E-state index < -0.39 is 5.54 Å². The maximum absolute atomic E-state index is 9.44. The van der Waals surface area contributed by atoms with Crippen molar-refractivity contribution in [3.8, 4) is 0 Å². The SMILES string of the molecule is C/C(=N\OCCCc1ccccc1)c1ccc([C@H]2CC[C@](N)(CO)C2)cc1. The standard InChI is InChI=1S/C23H30N2O2/c1-18(25-27-15-5-8-19-6-3-2-4-7-19)20-9-11-21(12-10-20)22-13-14-23(24,16-22)17-26/h2-4,6-7,9-12,22,26H,5,8,13-17,24H2,1H3/b25-18+/t22-,23+/m0/s1. The number of aliphatic hydroxyl groups is 1. The van der Waals surface area contributed by atoms with E-state index in [0.29, 0.717) is 12.5 Å². The summed E-state index contributed by atoms with van der Waals surface area (Å²) in [6.45, 7) is 2.65. The monoisotopic (exact) mass is 366 g/mol. The van der Waals surface area contributed by atoms with Crippen LogP contribution in [0.4, 0.5) is 0 Å². The van der Waals surface area contributed by atoms with Gasteiger partial charge in [-0.15, -0.1) is 0 Å². The van der Waals surface area contributed by atoms with Crippen molar-refractivity contribution in [1.82, 2.24) is 0 Å². The molecule has 0 bridgehead atoms. The molecule has 2 aromatic rings. The highest BCUT2D eigenvalue weighted by Gasteiger charge is 2.35. The fourth-order valence-electron chi connectivity index (χ4n) is 3.76. The molecule has 4 heteroatoms. The number of nitrogens with zero attached hydrogens (tertiary/aromatic N) is 1. The summed E-state index contributed by atoms with van der Waals surface area (Å²) in [5.74, 6) is 0.433. The minimum absolute atomic E-state index is 0.0644. The lowest BCUT2D eigenvalue weighted by atomic mass is 9.93. The first-order chi connectivity index (χ1) is 13.1. The first kappa shape index (κ1) is 19.6. The van der Waals surface area contributed by atoms with Gasteiger partial charge in [-0.2, -0.15) is 0 Å². The Hall–Kier alpha value is -2.17. The Kier molecular flexibility index (Phi) is 6.64. The smallest absolute Gasteiger partial charge is 0.117 e. The summed E-state index contributed by atoms with van der Waals surface area (Å²) in [6.07, 6.45) is 4.72. The number of aliphatic hydroxyl groups excluding tert-OH is 1. The summed E-state index contributed by atoms with van der Waals surface area (Å²) in [6, 6.07) is 18.9.